The summed E-state index contributed by atoms with van der Waals surface area (Å²) in [7, 11) is -4.57. The second kappa shape index (κ2) is 19.3. The minimum Gasteiger partial charge on any atom is -0.394 e. The molecule has 0 radical (unpaired) electrons. The van der Waals surface area contributed by atoms with Gasteiger partial charge in [0.05, 0.1) is 38.1 Å². The Labute approximate surface area is 252 Å². The van der Waals surface area contributed by atoms with Crippen LogP contribution in [0.3, 0.4) is 0 Å². The van der Waals surface area contributed by atoms with E-state index < -0.39 is 99.9 Å². The van der Waals surface area contributed by atoms with Crippen LogP contribution >= 0.6 is 7.60 Å². The quantitative estimate of drug-likeness (QED) is 0.0828. The normalized spacial score (nSPS) is 34.1. The van der Waals surface area contributed by atoms with Gasteiger partial charge in [-0.3, -0.25) is 14.2 Å². The molecule has 1 unspecified atom stereocenters. The van der Waals surface area contributed by atoms with Crippen LogP contribution in [0.5, 0.6) is 0 Å². The monoisotopic (exact) mass is 646 g/mol. The molecule has 10 N–H and O–H groups in total. The molecule has 43 heavy (non-hydrogen) atoms. The van der Waals surface area contributed by atoms with Crippen LogP contribution in [0.25, 0.3) is 0 Å². The van der Waals surface area contributed by atoms with Crippen molar-refractivity contribution in [2.75, 3.05) is 52.2 Å². The van der Waals surface area contributed by atoms with Crippen LogP contribution in [0, 0.1) is 0 Å². The number of ether oxygens (including phenoxy) is 3. The number of nitrogens with zero attached hydrogens (tertiary/aromatic N) is 1. The van der Waals surface area contributed by atoms with Crippen LogP contribution in [-0.2, 0) is 32.9 Å². The Balaban J connectivity index is 0.00000117. The molecule has 2 aliphatic heterocycles. The van der Waals surface area contributed by atoms with Crippen LogP contribution in [-0.4, -0.2) is 160 Å². The molecule has 2 heterocycles. The number of aliphatic hydroxyl groups excluding tert-OH is 5. The third-order valence-electron chi connectivity index (χ3n) is 7.06. The van der Waals surface area contributed by atoms with Crippen molar-refractivity contribution in [2.45, 2.75) is 95.7 Å². The van der Waals surface area contributed by atoms with E-state index in [1.807, 2.05) is 0 Å². The fourth-order valence-electron chi connectivity index (χ4n) is 4.69. The molecule has 0 saturated carbocycles. The topological polar surface area (TPSA) is 263 Å². The fourth-order valence-corrected chi connectivity index (χ4v) is 5.94. The lowest BCUT2D eigenvalue weighted by atomic mass is 9.93. The number of carbonyl (C=O) groups is 2. The lowest BCUT2D eigenvalue weighted by Gasteiger charge is -2.43. The van der Waals surface area contributed by atoms with Gasteiger partial charge in [0.15, 0.2) is 6.29 Å². The Hall–Kier alpha value is -1.31. The summed E-state index contributed by atoms with van der Waals surface area (Å²) in [6.07, 6.45) is -12.4. The van der Waals surface area contributed by atoms with Gasteiger partial charge in [-0.15, -0.1) is 0 Å². The van der Waals surface area contributed by atoms with Gasteiger partial charge in [-0.2, -0.15) is 0 Å². The van der Waals surface area contributed by atoms with E-state index in [1.165, 1.54) is 26.6 Å². The average molecular weight is 647 g/mol. The molecule has 2 fully saturated rings. The highest BCUT2D eigenvalue weighted by molar-refractivity contribution is 7.52. The van der Waals surface area contributed by atoms with E-state index in [2.05, 4.69) is 36.3 Å². The van der Waals surface area contributed by atoms with Gasteiger partial charge in [0.1, 0.15) is 42.7 Å². The number of aliphatic hydroxyl groups is 5. The van der Waals surface area contributed by atoms with Crippen molar-refractivity contribution in [3.63, 3.8) is 0 Å². The van der Waals surface area contributed by atoms with Gasteiger partial charge in [0, 0.05) is 20.4 Å². The Morgan fingerprint density at radius 1 is 0.860 bits per heavy atom. The highest BCUT2D eigenvalue weighted by Crippen LogP contribution is 2.45. The SMILES string of the molecule is CC(=O)N[C@@H]1[C@@H](OCCN)O[C@H](COP(=O)(O)C[C@H]2O[C@H](CO)[C@@H](O)[C@H](O)[C@@H]2NC(C)=O)[C@@H](O)[C@@H]1O.CCN(CC)CC. The molecule has 2 saturated heterocycles. The molecule has 0 aromatic heterocycles. The van der Waals surface area contributed by atoms with E-state index in [9.17, 15) is 44.6 Å². The molecule has 254 valence electrons. The number of nitrogens with two attached hydrogens (primary N) is 1. The Bertz CT molecular complexity index is 881. The first-order valence-corrected chi connectivity index (χ1v) is 16.1. The summed E-state index contributed by atoms with van der Waals surface area (Å²) in [6.45, 7) is 11.1. The van der Waals surface area contributed by atoms with Gasteiger partial charge in [-0.1, -0.05) is 20.8 Å². The van der Waals surface area contributed by atoms with Crippen molar-refractivity contribution in [1.29, 1.82) is 0 Å². The maximum atomic E-state index is 12.8. The molecule has 2 aliphatic rings. The van der Waals surface area contributed by atoms with E-state index in [0.717, 1.165) is 6.92 Å². The predicted molar refractivity (Wildman–Crippen MR) is 153 cm³/mol. The number of hydrogen-bond acceptors (Lipinski definition) is 14. The molecule has 0 aromatic carbocycles. The summed E-state index contributed by atoms with van der Waals surface area (Å²) in [5.74, 6) is -1.14. The first-order valence-electron chi connectivity index (χ1n) is 14.3. The molecule has 0 bridgehead atoms. The van der Waals surface area contributed by atoms with Gasteiger partial charge in [-0.05, 0) is 19.6 Å². The zero-order valence-electron chi connectivity index (χ0n) is 25.4. The van der Waals surface area contributed by atoms with Gasteiger partial charge < -0.3 is 70.4 Å². The Kier molecular flexibility index (Phi) is 17.8. The molecular formula is C25H51N4O13P. The summed E-state index contributed by atoms with van der Waals surface area (Å²) in [4.78, 5) is 35.8. The molecule has 17 nitrogen and oxygen atoms in total. The third kappa shape index (κ3) is 12.5. The summed E-state index contributed by atoms with van der Waals surface area (Å²) in [5, 5.41) is 55.4. The summed E-state index contributed by atoms with van der Waals surface area (Å²) in [6, 6.07) is -2.45. The second-order valence-corrected chi connectivity index (χ2v) is 12.1. The lowest BCUT2D eigenvalue weighted by molar-refractivity contribution is -0.268. The van der Waals surface area contributed by atoms with Crippen molar-refractivity contribution < 1.29 is 63.3 Å². The smallest absolute Gasteiger partial charge is 0.330 e. The Morgan fingerprint density at radius 2 is 1.37 bits per heavy atom. The van der Waals surface area contributed by atoms with Crippen LogP contribution in [0.15, 0.2) is 0 Å². The maximum Gasteiger partial charge on any atom is 0.330 e. The van der Waals surface area contributed by atoms with Gasteiger partial charge >= 0.3 is 7.60 Å². The van der Waals surface area contributed by atoms with E-state index >= 15 is 0 Å². The van der Waals surface area contributed by atoms with Gasteiger partial charge in [0.2, 0.25) is 11.8 Å². The second-order valence-electron chi connectivity index (χ2n) is 10.2. The Morgan fingerprint density at radius 3 is 1.84 bits per heavy atom. The van der Waals surface area contributed by atoms with Gasteiger partial charge in [0.25, 0.3) is 0 Å². The zero-order valence-corrected chi connectivity index (χ0v) is 26.3. The van der Waals surface area contributed by atoms with E-state index in [4.69, 9.17) is 24.5 Å². The van der Waals surface area contributed by atoms with Crippen LogP contribution in [0.1, 0.15) is 34.6 Å². The van der Waals surface area contributed by atoms with E-state index in [-0.39, 0.29) is 13.2 Å². The summed E-state index contributed by atoms with van der Waals surface area (Å²) >= 11 is 0. The number of carbonyl (C=O) groups excluding carboxylic acids is 2. The molecule has 11 atom stereocenters. The molecule has 0 aromatic rings. The molecular weight excluding hydrogens is 595 g/mol. The first-order chi connectivity index (χ1) is 20.2. The zero-order chi connectivity index (χ0) is 32.9. The largest absolute Gasteiger partial charge is 0.394 e. The van der Waals surface area contributed by atoms with Crippen molar-refractivity contribution in [2.24, 2.45) is 5.73 Å². The molecule has 0 spiro atoms. The molecule has 2 amide bonds. The minimum absolute atomic E-state index is 0.0145. The van der Waals surface area contributed by atoms with Crippen molar-refractivity contribution in [1.82, 2.24) is 15.5 Å². The van der Waals surface area contributed by atoms with E-state index in [0.29, 0.717) is 0 Å². The third-order valence-corrected chi connectivity index (χ3v) is 8.44. The maximum absolute atomic E-state index is 12.8. The average Bonchev–Trinajstić information content (AvgIpc) is 2.95. The predicted octanol–water partition coefficient (Wildman–Crippen LogP) is -3.55. The first kappa shape index (κ1) is 39.7. The number of nitrogens with one attached hydrogen (secondary N) is 2. The van der Waals surface area contributed by atoms with Crippen molar-refractivity contribution >= 4 is 19.4 Å². The van der Waals surface area contributed by atoms with E-state index in [1.54, 1.807) is 0 Å². The minimum atomic E-state index is -4.57. The van der Waals surface area contributed by atoms with Crippen LogP contribution in [0.4, 0.5) is 0 Å². The standard InChI is InChI=1S/C19H36N3O13P.C6H15N/c1-8(24)21-13-12(34-10(5-23)15(26)17(13)28)7-36(30,31)33-6-11-16(27)18(29)14(22-9(2)25)19(35-11)32-4-3-20;1-4-7(5-2)6-3/h10-19,23,26-29H,3-7,20H2,1-2H3,(H,21,24)(H,22,25)(H,30,31);4-6H2,1-3H3/t10-,11-,12-,13-,14+,15-,16-,17-,18-,19+;/m1./s1. The highest BCUT2D eigenvalue weighted by atomic mass is 31.2. The highest BCUT2D eigenvalue weighted by Gasteiger charge is 2.49. The number of rotatable bonds is 14. The van der Waals surface area contributed by atoms with Crippen LogP contribution < -0.4 is 16.4 Å². The van der Waals surface area contributed by atoms with Crippen LogP contribution in [0.2, 0.25) is 0 Å². The lowest BCUT2D eigenvalue weighted by Crippen LogP contribution is -2.65. The van der Waals surface area contributed by atoms with Crippen molar-refractivity contribution in [3.05, 3.63) is 0 Å². The summed E-state index contributed by atoms with van der Waals surface area (Å²) < 4.78 is 34.3. The summed E-state index contributed by atoms with van der Waals surface area (Å²) in [5.41, 5.74) is 5.41. The van der Waals surface area contributed by atoms with Gasteiger partial charge in [-0.25, -0.2) is 0 Å². The molecule has 2 rings (SSSR count). The molecule has 0 aliphatic carbocycles. The molecule has 18 heteroatoms. The number of amides is 2. The number of hydrogen-bond donors (Lipinski definition) is 9. The van der Waals surface area contributed by atoms with Crippen molar-refractivity contribution in [3.8, 4) is 0 Å². The fraction of sp³-hybridized carbons (Fsp3) is 0.920.